The standard InChI is InChI=1S/C11H10N4O2/c1-15(9-4-2-3-5-13-9)10-8(11(16)17)6-12-7-14-10/h2-7H,1H3,(H,16,17). The Morgan fingerprint density at radius 2 is 2.18 bits per heavy atom. The number of aromatic carboxylic acids is 1. The van der Waals surface area contributed by atoms with Crippen LogP contribution < -0.4 is 4.90 Å². The maximum Gasteiger partial charge on any atom is 0.341 e. The topological polar surface area (TPSA) is 79.2 Å². The zero-order valence-electron chi connectivity index (χ0n) is 9.11. The molecule has 0 amide bonds. The highest BCUT2D eigenvalue weighted by Gasteiger charge is 2.16. The van der Waals surface area contributed by atoms with E-state index in [-0.39, 0.29) is 5.56 Å². The average molecular weight is 230 g/mol. The Kier molecular flexibility index (Phi) is 2.95. The Labute approximate surface area is 97.6 Å². The fraction of sp³-hybridized carbons (Fsp3) is 0.0909. The van der Waals surface area contributed by atoms with Gasteiger partial charge in [0.15, 0.2) is 5.82 Å². The van der Waals surface area contributed by atoms with Crippen molar-refractivity contribution in [2.45, 2.75) is 0 Å². The summed E-state index contributed by atoms with van der Waals surface area (Å²) in [7, 11) is 1.71. The fourth-order valence-corrected chi connectivity index (χ4v) is 1.40. The molecule has 6 nitrogen and oxygen atoms in total. The lowest BCUT2D eigenvalue weighted by Gasteiger charge is -2.17. The quantitative estimate of drug-likeness (QED) is 0.857. The molecule has 2 rings (SSSR count). The smallest absolute Gasteiger partial charge is 0.341 e. The summed E-state index contributed by atoms with van der Waals surface area (Å²) in [5.41, 5.74) is 0.0423. The van der Waals surface area contributed by atoms with Crippen LogP contribution in [0.15, 0.2) is 36.9 Å². The first-order chi connectivity index (χ1) is 8.20. The number of carbonyl (C=O) groups is 1. The summed E-state index contributed by atoms with van der Waals surface area (Å²) < 4.78 is 0. The molecule has 2 heterocycles. The number of anilines is 2. The third kappa shape index (κ3) is 2.20. The van der Waals surface area contributed by atoms with Gasteiger partial charge in [0.1, 0.15) is 17.7 Å². The van der Waals surface area contributed by atoms with E-state index < -0.39 is 5.97 Å². The van der Waals surface area contributed by atoms with Gasteiger partial charge < -0.3 is 10.0 Å². The van der Waals surface area contributed by atoms with E-state index in [1.165, 1.54) is 12.5 Å². The van der Waals surface area contributed by atoms with Crippen molar-refractivity contribution < 1.29 is 9.90 Å². The van der Waals surface area contributed by atoms with Gasteiger partial charge in [-0.1, -0.05) is 6.07 Å². The number of hydrogen-bond acceptors (Lipinski definition) is 5. The van der Waals surface area contributed by atoms with E-state index in [2.05, 4.69) is 15.0 Å². The second-order valence-corrected chi connectivity index (χ2v) is 3.31. The molecule has 2 aromatic rings. The van der Waals surface area contributed by atoms with Gasteiger partial charge in [0, 0.05) is 19.4 Å². The Balaban J connectivity index is 2.44. The van der Waals surface area contributed by atoms with Gasteiger partial charge in [-0.05, 0) is 12.1 Å². The lowest BCUT2D eigenvalue weighted by molar-refractivity contribution is 0.0697. The second-order valence-electron chi connectivity index (χ2n) is 3.31. The summed E-state index contributed by atoms with van der Waals surface area (Å²) in [5, 5.41) is 9.03. The van der Waals surface area contributed by atoms with Gasteiger partial charge in [-0.2, -0.15) is 0 Å². The predicted molar refractivity (Wildman–Crippen MR) is 61.3 cm³/mol. The third-order valence-electron chi connectivity index (χ3n) is 2.23. The Morgan fingerprint density at radius 1 is 1.35 bits per heavy atom. The van der Waals surface area contributed by atoms with E-state index in [0.717, 1.165) is 0 Å². The molecular formula is C11H10N4O2. The molecule has 0 radical (unpaired) electrons. The van der Waals surface area contributed by atoms with Crippen LogP contribution in [-0.2, 0) is 0 Å². The van der Waals surface area contributed by atoms with Gasteiger partial charge in [-0.3, -0.25) is 0 Å². The molecule has 0 aliphatic carbocycles. The van der Waals surface area contributed by atoms with E-state index in [0.29, 0.717) is 11.6 Å². The van der Waals surface area contributed by atoms with Gasteiger partial charge in [0.2, 0.25) is 0 Å². The lowest BCUT2D eigenvalue weighted by atomic mass is 10.3. The number of pyridine rings is 1. The molecule has 0 atom stereocenters. The van der Waals surface area contributed by atoms with Crippen molar-refractivity contribution in [3.05, 3.63) is 42.5 Å². The molecule has 0 aliphatic rings. The van der Waals surface area contributed by atoms with Crippen LogP contribution in [0.1, 0.15) is 10.4 Å². The highest BCUT2D eigenvalue weighted by molar-refractivity contribution is 5.93. The number of nitrogens with zero attached hydrogens (tertiary/aromatic N) is 4. The van der Waals surface area contributed by atoms with Crippen molar-refractivity contribution in [2.24, 2.45) is 0 Å². The van der Waals surface area contributed by atoms with Gasteiger partial charge >= 0.3 is 5.97 Å². The van der Waals surface area contributed by atoms with Crippen molar-refractivity contribution in [2.75, 3.05) is 11.9 Å². The number of aromatic nitrogens is 3. The number of hydrogen-bond donors (Lipinski definition) is 1. The Hall–Kier alpha value is -2.50. The molecule has 0 bridgehead atoms. The molecule has 6 heteroatoms. The predicted octanol–water partition coefficient (Wildman–Crippen LogP) is 1.34. The molecule has 0 saturated carbocycles. The normalized spacial score (nSPS) is 9.94. The van der Waals surface area contributed by atoms with Crippen molar-refractivity contribution >= 4 is 17.6 Å². The summed E-state index contributed by atoms with van der Waals surface area (Å²) in [6.07, 6.45) is 4.21. The van der Waals surface area contributed by atoms with Crippen molar-refractivity contribution in [3.8, 4) is 0 Å². The molecule has 0 saturated heterocycles. The van der Waals surface area contributed by atoms with E-state index >= 15 is 0 Å². The highest BCUT2D eigenvalue weighted by atomic mass is 16.4. The molecule has 86 valence electrons. The number of carboxylic acids is 1. The molecule has 0 fully saturated rings. The van der Waals surface area contributed by atoms with Gasteiger partial charge in [0.05, 0.1) is 0 Å². The third-order valence-corrected chi connectivity index (χ3v) is 2.23. The maximum absolute atomic E-state index is 11.0. The van der Waals surface area contributed by atoms with Gasteiger partial charge in [0.25, 0.3) is 0 Å². The average Bonchev–Trinajstić information content (AvgIpc) is 2.39. The number of carboxylic acid groups (broad SMARTS) is 1. The first-order valence-corrected chi connectivity index (χ1v) is 4.88. The zero-order chi connectivity index (χ0) is 12.3. The van der Waals surface area contributed by atoms with Crippen LogP contribution in [0.5, 0.6) is 0 Å². The van der Waals surface area contributed by atoms with Crippen LogP contribution in [-0.4, -0.2) is 33.1 Å². The first kappa shape index (κ1) is 11.0. The van der Waals surface area contributed by atoms with E-state index in [1.807, 2.05) is 6.07 Å². The van der Waals surface area contributed by atoms with Gasteiger partial charge in [-0.25, -0.2) is 19.7 Å². The Morgan fingerprint density at radius 3 is 2.82 bits per heavy atom. The lowest BCUT2D eigenvalue weighted by Crippen LogP contribution is -2.17. The molecule has 1 N–H and O–H groups in total. The molecule has 0 aliphatic heterocycles. The summed E-state index contributed by atoms with van der Waals surface area (Å²) in [6, 6.07) is 5.38. The summed E-state index contributed by atoms with van der Waals surface area (Å²) >= 11 is 0. The van der Waals surface area contributed by atoms with E-state index in [4.69, 9.17) is 5.11 Å². The van der Waals surface area contributed by atoms with Crippen LogP contribution in [0.3, 0.4) is 0 Å². The van der Waals surface area contributed by atoms with E-state index in [9.17, 15) is 4.79 Å². The van der Waals surface area contributed by atoms with Crippen LogP contribution in [0, 0.1) is 0 Å². The maximum atomic E-state index is 11.0. The van der Waals surface area contributed by atoms with Gasteiger partial charge in [-0.15, -0.1) is 0 Å². The molecular weight excluding hydrogens is 220 g/mol. The van der Waals surface area contributed by atoms with Crippen LogP contribution in [0.4, 0.5) is 11.6 Å². The second kappa shape index (κ2) is 4.56. The molecule has 0 aromatic carbocycles. The minimum absolute atomic E-state index is 0.0423. The monoisotopic (exact) mass is 230 g/mol. The summed E-state index contributed by atoms with van der Waals surface area (Å²) in [5.74, 6) is -0.136. The van der Waals surface area contributed by atoms with E-state index in [1.54, 1.807) is 30.3 Å². The minimum Gasteiger partial charge on any atom is -0.477 e. The molecule has 0 unspecified atom stereocenters. The van der Waals surface area contributed by atoms with Crippen LogP contribution >= 0.6 is 0 Å². The Bertz CT molecular complexity index is 530. The van der Waals surface area contributed by atoms with Crippen LogP contribution in [0.25, 0.3) is 0 Å². The molecule has 2 aromatic heterocycles. The molecule has 17 heavy (non-hydrogen) atoms. The van der Waals surface area contributed by atoms with Crippen molar-refractivity contribution in [1.82, 2.24) is 15.0 Å². The SMILES string of the molecule is CN(c1ccccn1)c1ncncc1C(=O)O. The highest BCUT2D eigenvalue weighted by Crippen LogP contribution is 2.21. The zero-order valence-corrected chi connectivity index (χ0v) is 9.11. The van der Waals surface area contributed by atoms with Crippen molar-refractivity contribution in [3.63, 3.8) is 0 Å². The first-order valence-electron chi connectivity index (χ1n) is 4.88. The number of rotatable bonds is 3. The van der Waals surface area contributed by atoms with Crippen LogP contribution in [0.2, 0.25) is 0 Å². The largest absolute Gasteiger partial charge is 0.477 e. The summed E-state index contributed by atoms with van der Waals surface area (Å²) in [6.45, 7) is 0. The molecule has 0 spiro atoms. The summed E-state index contributed by atoms with van der Waals surface area (Å²) in [4.78, 5) is 24.4. The fourth-order valence-electron chi connectivity index (χ4n) is 1.40. The minimum atomic E-state index is -1.07. The van der Waals surface area contributed by atoms with Crippen molar-refractivity contribution in [1.29, 1.82) is 0 Å².